The van der Waals surface area contributed by atoms with E-state index in [9.17, 15) is 14.6 Å². The van der Waals surface area contributed by atoms with Gasteiger partial charge in [-0.25, -0.2) is 4.79 Å². The number of benzene rings is 1. The van der Waals surface area contributed by atoms with Gasteiger partial charge in [0.2, 0.25) is 0 Å². The number of carbonyl (C=O) groups excluding carboxylic acids is 1. The number of amides is 1. The van der Waals surface area contributed by atoms with Crippen LogP contribution in [0, 0.1) is 5.92 Å². The summed E-state index contributed by atoms with van der Waals surface area (Å²) in [5.41, 5.74) is 1.68. The van der Waals surface area contributed by atoms with Crippen molar-refractivity contribution in [3.63, 3.8) is 0 Å². The second-order valence-corrected chi connectivity index (χ2v) is 5.11. The molecule has 20 heavy (non-hydrogen) atoms. The van der Waals surface area contributed by atoms with Crippen LogP contribution in [0.5, 0.6) is 0 Å². The van der Waals surface area contributed by atoms with Gasteiger partial charge in [0, 0.05) is 5.56 Å². The maximum absolute atomic E-state index is 12.1. The van der Waals surface area contributed by atoms with Crippen molar-refractivity contribution in [1.29, 1.82) is 0 Å². The Morgan fingerprint density at radius 1 is 1.40 bits per heavy atom. The Morgan fingerprint density at radius 2 is 2.10 bits per heavy atom. The molecule has 1 atom stereocenters. The minimum absolute atomic E-state index is 0.222. The maximum atomic E-state index is 12.1. The lowest BCUT2D eigenvalue weighted by Gasteiger charge is -2.18. The van der Waals surface area contributed by atoms with Crippen LogP contribution < -0.4 is 10.8 Å². The lowest BCUT2D eigenvalue weighted by atomic mass is 9.78. The lowest BCUT2D eigenvalue weighted by molar-refractivity contribution is -0.140. The summed E-state index contributed by atoms with van der Waals surface area (Å²) >= 11 is 0. The lowest BCUT2D eigenvalue weighted by Crippen LogP contribution is -2.44. The molecule has 0 bridgehead atoms. The van der Waals surface area contributed by atoms with Gasteiger partial charge in [-0.3, -0.25) is 4.79 Å². The zero-order chi connectivity index (χ0) is 14.9. The summed E-state index contributed by atoms with van der Waals surface area (Å²) in [5, 5.41) is 21.1. The number of carboxylic acid groups (broad SMARTS) is 1. The molecule has 1 aliphatic rings. The summed E-state index contributed by atoms with van der Waals surface area (Å²) in [4.78, 5) is 23.1. The smallest absolute Gasteiger partial charge is 0.480 e. The first-order valence-corrected chi connectivity index (χ1v) is 6.36. The van der Waals surface area contributed by atoms with Crippen LogP contribution in [0.15, 0.2) is 18.2 Å². The van der Waals surface area contributed by atoms with Crippen LogP contribution in [0.25, 0.3) is 0 Å². The highest BCUT2D eigenvalue weighted by atomic mass is 16.5. The van der Waals surface area contributed by atoms with Gasteiger partial charge in [-0.2, -0.15) is 0 Å². The van der Waals surface area contributed by atoms with Crippen molar-refractivity contribution in [2.75, 3.05) is 0 Å². The van der Waals surface area contributed by atoms with E-state index in [0.717, 1.165) is 5.56 Å². The largest absolute Gasteiger partial charge is 0.491 e. The fraction of sp³-hybridized carbons (Fsp3) is 0.385. The van der Waals surface area contributed by atoms with Crippen molar-refractivity contribution in [1.82, 2.24) is 5.32 Å². The Kier molecular flexibility index (Phi) is 4.10. The van der Waals surface area contributed by atoms with Crippen LogP contribution in [-0.2, 0) is 16.1 Å². The summed E-state index contributed by atoms with van der Waals surface area (Å²) < 4.78 is 5.05. The molecule has 6 nitrogen and oxygen atoms in total. The zero-order valence-electron chi connectivity index (χ0n) is 11.3. The normalized spacial score (nSPS) is 15.1. The van der Waals surface area contributed by atoms with Gasteiger partial charge < -0.3 is 20.1 Å². The monoisotopic (exact) mass is 277 g/mol. The summed E-state index contributed by atoms with van der Waals surface area (Å²) in [5.74, 6) is -1.77. The predicted octanol–water partition coefficient (Wildman–Crippen LogP) is -0.257. The van der Waals surface area contributed by atoms with Crippen LogP contribution in [0.2, 0.25) is 0 Å². The number of carbonyl (C=O) groups is 2. The Morgan fingerprint density at radius 3 is 2.70 bits per heavy atom. The predicted molar refractivity (Wildman–Crippen MR) is 72.6 cm³/mol. The van der Waals surface area contributed by atoms with Crippen molar-refractivity contribution in [2.24, 2.45) is 5.92 Å². The fourth-order valence-corrected chi connectivity index (χ4v) is 2.09. The first-order valence-electron chi connectivity index (χ1n) is 6.36. The molecule has 0 unspecified atom stereocenters. The molecule has 1 heterocycles. The molecular formula is C13H16BNO5. The highest BCUT2D eigenvalue weighted by molar-refractivity contribution is 6.61. The average molecular weight is 277 g/mol. The van der Waals surface area contributed by atoms with Gasteiger partial charge in [-0.1, -0.05) is 19.9 Å². The topological polar surface area (TPSA) is 95.9 Å². The molecule has 0 saturated heterocycles. The molecule has 1 aliphatic heterocycles. The quantitative estimate of drug-likeness (QED) is 0.659. The number of aliphatic carboxylic acids is 1. The second-order valence-electron chi connectivity index (χ2n) is 5.11. The average Bonchev–Trinajstić information content (AvgIpc) is 2.76. The zero-order valence-corrected chi connectivity index (χ0v) is 11.3. The molecule has 0 aliphatic carbocycles. The minimum atomic E-state index is -1.07. The number of hydrogen-bond donors (Lipinski definition) is 3. The van der Waals surface area contributed by atoms with E-state index in [-0.39, 0.29) is 5.92 Å². The Balaban J connectivity index is 2.18. The molecule has 0 spiro atoms. The van der Waals surface area contributed by atoms with Gasteiger partial charge in [0.1, 0.15) is 6.04 Å². The molecule has 1 aromatic carbocycles. The van der Waals surface area contributed by atoms with Gasteiger partial charge in [-0.15, -0.1) is 0 Å². The summed E-state index contributed by atoms with van der Waals surface area (Å²) in [7, 11) is -1.03. The third-order valence-electron chi connectivity index (χ3n) is 3.29. The number of carboxylic acids is 1. The third-order valence-corrected chi connectivity index (χ3v) is 3.29. The van der Waals surface area contributed by atoms with E-state index in [4.69, 9.17) is 9.76 Å². The number of fused-ring (bicyclic) bond motifs is 1. The Labute approximate surface area is 116 Å². The van der Waals surface area contributed by atoms with Crippen LogP contribution in [-0.4, -0.2) is 35.2 Å². The van der Waals surface area contributed by atoms with Gasteiger partial charge in [0.05, 0.1) is 6.61 Å². The van der Waals surface area contributed by atoms with E-state index in [1.54, 1.807) is 26.0 Å². The van der Waals surface area contributed by atoms with Crippen LogP contribution in [0.3, 0.4) is 0 Å². The van der Waals surface area contributed by atoms with E-state index in [2.05, 4.69) is 5.32 Å². The second kappa shape index (κ2) is 5.64. The minimum Gasteiger partial charge on any atom is -0.480 e. The third kappa shape index (κ3) is 2.83. The molecule has 3 N–H and O–H groups in total. The van der Waals surface area contributed by atoms with Crippen LogP contribution >= 0.6 is 0 Å². The van der Waals surface area contributed by atoms with Gasteiger partial charge in [0.15, 0.2) is 0 Å². The molecule has 2 rings (SSSR count). The summed E-state index contributed by atoms with van der Waals surface area (Å²) in [6.07, 6.45) is 0. The van der Waals surface area contributed by atoms with Crippen molar-refractivity contribution in [3.05, 3.63) is 29.3 Å². The molecule has 0 radical (unpaired) electrons. The molecule has 106 valence electrons. The van der Waals surface area contributed by atoms with E-state index in [0.29, 0.717) is 17.6 Å². The number of rotatable bonds is 4. The molecule has 1 amide bonds. The Hall–Kier alpha value is -1.86. The van der Waals surface area contributed by atoms with Gasteiger partial charge in [-0.05, 0) is 29.1 Å². The Bertz CT molecular complexity index is 546. The van der Waals surface area contributed by atoms with Gasteiger partial charge in [0.25, 0.3) is 5.91 Å². The van der Waals surface area contributed by atoms with Crippen molar-refractivity contribution >= 4 is 24.5 Å². The van der Waals surface area contributed by atoms with Crippen molar-refractivity contribution in [2.45, 2.75) is 26.5 Å². The number of hydrogen-bond acceptors (Lipinski definition) is 4. The highest BCUT2D eigenvalue weighted by Gasteiger charge is 2.29. The molecule has 1 aromatic rings. The van der Waals surface area contributed by atoms with Crippen molar-refractivity contribution in [3.8, 4) is 0 Å². The molecule has 0 fully saturated rings. The standard InChI is InChI=1S/C13H16BNO5/c1-7(2)11(13(17)18)15-12(16)8-3-4-9-6-20-14(19)10(9)5-8/h3-5,7,11,19H,6H2,1-2H3,(H,15,16)(H,17,18)/t11-/m0/s1. The highest BCUT2D eigenvalue weighted by Crippen LogP contribution is 2.12. The molecule has 7 heteroatoms. The molecule has 0 saturated carbocycles. The fourth-order valence-electron chi connectivity index (χ4n) is 2.09. The van der Waals surface area contributed by atoms with E-state index in [1.807, 2.05) is 0 Å². The maximum Gasteiger partial charge on any atom is 0.491 e. The summed E-state index contributed by atoms with van der Waals surface area (Å²) in [6.45, 7) is 3.75. The SMILES string of the molecule is CC(C)[C@H](NC(=O)c1ccc2c(c1)B(O)OC2)C(=O)O. The van der Waals surface area contributed by atoms with E-state index >= 15 is 0 Å². The summed E-state index contributed by atoms with van der Waals surface area (Å²) in [6, 6.07) is 3.87. The molecular weight excluding hydrogens is 261 g/mol. The first-order chi connectivity index (χ1) is 9.40. The van der Waals surface area contributed by atoms with Crippen molar-refractivity contribution < 1.29 is 24.4 Å². The van der Waals surface area contributed by atoms with E-state index < -0.39 is 25.0 Å². The van der Waals surface area contributed by atoms with Gasteiger partial charge >= 0.3 is 13.1 Å². The van der Waals surface area contributed by atoms with E-state index in [1.165, 1.54) is 6.07 Å². The number of nitrogens with one attached hydrogen (secondary N) is 1. The van der Waals surface area contributed by atoms with Crippen LogP contribution in [0.1, 0.15) is 29.8 Å². The van der Waals surface area contributed by atoms with Crippen LogP contribution in [0.4, 0.5) is 0 Å². The molecule has 0 aromatic heterocycles. The first kappa shape index (κ1) is 14.6.